The molecule has 0 bridgehead atoms. The number of furan rings is 1. The molecule has 100 valence electrons. The van der Waals surface area contributed by atoms with E-state index >= 15 is 0 Å². The van der Waals surface area contributed by atoms with Crippen molar-refractivity contribution in [3.63, 3.8) is 0 Å². The van der Waals surface area contributed by atoms with Gasteiger partial charge in [-0.1, -0.05) is 0 Å². The molecule has 0 atom stereocenters. The number of hydrogen-bond acceptors (Lipinski definition) is 6. The van der Waals surface area contributed by atoms with Crippen molar-refractivity contribution in [2.75, 3.05) is 19.5 Å². The molecule has 0 radical (unpaired) electrons. The normalized spacial score (nSPS) is 10.0. The van der Waals surface area contributed by atoms with Crippen LogP contribution < -0.4 is 10.1 Å². The molecule has 0 aliphatic heterocycles. The van der Waals surface area contributed by atoms with Crippen LogP contribution in [0.1, 0.15) is 16.3 Å². The molecule has 2 aromatic heterocycles. The summed E-state index contributed by atoms with van der Waals surface area (Å²) < 4.78 is 14.8. The average Bonchev–Trinajstić information content (AvgIpc) is 2.93. The predicted octanol–water partition coefficient (Wildman–Crippen LogP) is 2.08. The summed E-state index contributed by atoms with van der Waals surface area (Å²) in [4.78, 5) is 15.3. The lowest BCUT2D eigenvalue weighted by Gasteiger charge is -2.04. The number of pyridine rings is 1. The highest BCUT2D eigenvalue weighted by atomic mass is 16.5. The minimum atomic E-state index is -0.489. The Morgan fingerprint density at radius 3 is 2.79 bits per heavy atom. The number of anilines is 1. The Morgan fingerprint density at radius 1 is 1.32 bits per heavy atom. The summed E-state index contributed by atoms with van der Waals surface area (Å²) in [5.74, 6) is 0.886. The van der Waals surface area contributed by atoms with E-state index in [0.717, 1.165) is 5.69 Å². The summed E-state index contributed by atoms with van der Waals surface area (Å²) >= 11 is 0. The largest absolute Gasteiger partial charge is 0.481 e. The van der Waals surface area contributed by atoms with Gasteiger partial charge in [-0.2, -0.15) is 0 Å². The summed E-state index contributed by atoms with van der Waals surface area (Å²) in [6.45, 7) is 0.449. The summed E-state index contributed by atoms with van der Waals surface area (Å²) in [7, 11) is 2.87. The summed E-state index contributed by atoms with van der Waals surface area (Å²) in [5, 5.41) is 3.12. The number of rotatable bonds is 5. The SMILES string of the molecule is COC(=O)c1ccc(CNc2ccc(OC)nc2)o1. The minimum absolute atomic E-state index is 0.187. The zero-order chi connectivity index (χ0) is 13.7. The van der Waals surface area contributed by atoms with Gasteiger partial charge in [0.25, 0.3) is 0 Å². The van der Waals surface area contributed by atoms with Crippen molar-refractivity contribution in [1.29, 1.82) is 0 Å². The first-order chi connectivity index (χ1) is 9.22. The molecule has 2 rings (SSSR count). The highest BCUT2D eigenvalue weighted by molar-refractivity contribution is 5.86. The van der Waals surface area contributed by atoms with E-state index in [2.05, 4.69) is 15.0 Å². The highest BCUT2D eigenvalue weighted by Crippen LogP contribution is 2.14. The Labute approximate surface area is 110 Å². The van der Waals surface area contributed by atoms with Crippen LogP contribution in [-0.4, -0.2) is 25.2 Å². The summed E-state index contributed by atoms with van der Waals surface area (Å²) in [6, 6.07) is 6.89. The second-order valence-electron chi connectivity index (χ2n) is 3.70. The molecule has 0 fully saturated rings. The molecular formula is C13H14N2O4. The Bertz CT molecular complexity index is 548. The van der Waals surface area contributed by atoms with Crippen molar-refractivity contribution in [1.82, 2.24) is 4.98 Å². The molecular weight excluding hydrogens is 248 g/mol. The van der Waals surface area contributed by atoms with Crippen LogP contribution in [0.25, 0.3) is 0 Å². The Hall–Kier alpha value is -2.50. The third kappa shape index (κ3) is 3.25. The summed E-state index contributed by atoms with van der Waals surface area (Å²) in [5.41, 5.74) is 0.830. The van der Waals surface area contributed by atoms with Gasteiger partial charge >= 0.3 is 5.97 Å². The first kappa shape index (κ1) is 12.9. The average molecular weight is 262 g/mol. The van der Waals surface area contributed by atoms with Gasteiger partial charge in [-0.25, -0.2) is 9.78 Å². The third-order valence-corrected chi connectivity index (χ3v) is 2.46. The summed E-state index contributed by atoms with van der Waals surface area (Å²) in [6.07, 6.45) is 1.66. The number of nitrogens with zero attached hydrogens (tertiary/aromatic N) is 1. The molecule has 6 heteroatoms. The van der Waals surface area contributed by atoms with Gasteiger partial charge in [0.2, 0.25) is 11.6 Å². The molecule has 0 saturated carbocycles. The molecule has 2 aromatic rings. The van der Waals surface area contributed by atoms with Crippen LogP contribution in [0.5, 0.6) is 5.88 Å². The van der Waals surface area contributed by atoms with Crippen LogP contribution in [-0.2, 0) is 11.3 Å². The molecule has 0 aliphatic carbocycles. The molecule has 0 aliphatic rings. The van der Waals surface area contributed by atoms with Gasteiger partial charge in [-0.15, -0.1) is 0 Å². The standard InChI is InChI=1S/C13H14N2O4/c1-17-12-6-3-9(7-15-12)14-8-10-4-5-11(19-10)13(16)18-2/h3-7,14H,8H2,1-2H3. The lowest BCUT2D eigenvalue weighted by Crippen LogP contribution is -2.00. The predicted molar refractivity (Wildman–Crippen MR) is 68.2 cm³/mol. The second-order valence-corrected chi connectivity index (χ2v) is 3.70. The Morgan fingerprint density at radius 2 is 2.16 bits per heavy atom. The quantitative estimate of drug-likeness (QED) is 0.832. The highest BCUT2D eigenvalue weighted by Gasteiger charge is 2.10. The molecule has 0 unspecified atom stereocenters. The zero-order valence-electron chi connectivity index (χ0n) is 10.7. The van der Waals surface area contributed by atoms with Gasteiger partial charge in [0.1, 0.15) is 5.76 Å². The van der Waals surface area contributed by atoms with Crippen molar-refractivity contribution in [3.05, 3.63) is 42.0 Å². The number of carbonyl (C=O) groups excluding carboxylic acids is 1. The van der Waals surface area contributed by atoms with Crippen molar-refractivity contribution in [3.8, 4) is 5.88 Å². The lowest BCUT2D eigenvalue weighted by atomic mass is 10.4. The van der Waals surface area contributed by atoms with E-state index in [1.165, 1.54) is 7.11 Å². The van der Waals surface area contributed by atoms with Crippen molar-refractivity contribution < 1.29 is 18.7 Å². The van der Waals surface area contributed by atoms with Gasteiger partial charge in [-0.3, -0.25) is 0 Å². The van der Waals surface area contributed by atoms with E-state index in [1.54, 1.807) is 31.5 Å². The van der Waals surface area contributed by atoms with E-state index in [9.17, 15) is 4.79 Å². The fourth-order valence-electron chi connectivity index (χ4n) is 1.48. The first-order valence-electron chi connectivity index (χ1n) is 5.64. The van der Waals surface area contributed by atoms with Gasteiger partial charge < -0.3 is 19.2 Å². The zero-order valence-corrected chi connectivity index (χ0v) is 10.7. The number of hydrogen-bond donors (Lipinski definition) is 1. The van der Waals surface area contributed by atoms with Crippen molar-refractivity contribution >= 4 is 11.7 Å². The monoisotopic (exact) mass is 262 g/mol. The minimum Gasteiger partial charge on any atom is -0.481 e. The van der Waals surface area contributed by atoms with Crippen LogP contribution in [0.4, 0.5) is 5.69 Å². The van der Waals surface area contributed by atoms with E-state index in [0.29, 0.717) is 18.2 Å². The topological polar surface area (TPSA) is 73.6 Å². The smallest absolute Gasteiger partial charge is 0.373 e. The number of methoxy groups -OCH3 is 2. The third-order valence-electron chi connectivity index (χ3n) is 2.46. The number of aromatic nitrogens is 1. The van der Waals surface area contributed by atoms with Crippen LogP contribution in [0.3, 0.4) is 0 Å². The van der Waals surface area contributed by atoms with Crippen LogP contribution in [0, 0.1) is 0 Å². The van der Waals surface area contributed by atoms with E-state index in [1.807, 2.05) is 6.07 Å². The number of carbonyl (C=O) groups is 1. The molecule has 6 nitrogen and oxygen atoms in total. The van der Waals surface area contributed by atoms with Gasteiger partial charge in [-0.05, 0) is 18.2 Å². The van der Waals surface area contributed by atoms with Crippen LogP contribution in [0.2, 0.25) is 0 Å². The fourth-order valence-corrected chi connectivity index (χ4v) is 1.48. The molecule has 0 amide bonds. The maximum Gasteiger partial charge on any atom is 0.373 e. The van der Waals surface area contributed by atoms with Crippen LogP contribution in [0.15, 0.2) is 34.9 Å². The van der Waals surface area contributed by atoms with Gasteiger partial charge in [0.05, 0.1) is 32.6 Å². The number of nitrogens with one attached hydrogen (secondary N) is 1. The Balaban J connectivity index is 1.94. The molecule has 2 heterocycles. The maximum absolute atomic E-state index is 11.2. The second kappa shape index (κ2) is 5.90. The van der Waals surface area contributed by atoms with E-state index < -0.39 is 5.97 Å². The van der Waals surface area contributed by atoms with Crippen molar-refractivity contribution in [2.24, 2.45) is 0 Å². The van der Waals surface area contributed by atoms with E-state index in [4.69, 9.17) is 9.15 Å². The van der Waals surface area contributed by atoms with E-state index in [-0.39, 0.29) is 5.76 Å². The number of ether oxygens (including phenoxy) is 2. The lowest BCUT2D eigenvalue weighted by molar-refractivity contribution is 0.0563. The molecule has 1 N–H and O–H groups in total. The molecule has 0 saturated heterocycles. The van der Waals surface area contributed by atoms with Crippen LogP contribution >= 0.6 is 0 Å². The van der Waals surface area contributed by atoms with Gasteiger partial charge in [0.15, 0.2) is 0 Å². The molecule has 0 spiro atoms. The molecule has 0 aromatic carbocycles. The fraction of sp³-hybridized carbons (Fsp3) is 0.231. The number of esters is 1. The maximum atomic E-state index is 11.2. The van der Waals surface area contributed by atoms with Gasteiger partial charge in [0, 0.05) is 6.07 Å². The molecule has 19 heavy (non-hydrogen) atoms. The Kier molecular flexibility index (Phi) is 4.02. The van der Waals surface area contributed by atoms with Crippen molar-refractivity contribution in [2.45, 2.75) is 6.54 Å². The first-order valence-corrected chi connectivity index (χ1v) is 5.64.